The van der Waals surface area contributed by atoms with Crippen LogP contribution >= 0.6 is 0 Å². The molecule has 0 atom stereocenters. The van der Waals surface area contributed by atoms with Gasteiger partial charge in [-0.3, -0.25) is 0 Å². The van der Waals surface area contributed by atoms with Crippen LogP contribution in [0.1, 0.15) is 38.2 Å². The van der Waals surface area contributed by atoms with Gasteiger partial charge in [0.15, 0.2) is 0 Å². The van der Waals surface area contributed by atoms with Gasteiger partial charge >= 0.3 is 12.2 Å². The van der Waals surface area contributed by atoms with E-state index in [9.17, 15) is 18.0 Å². The van der Waals surface area contributed by atoms with Crippen molar-refractivity contribution < 1.29 is 18.0 Å². The van der Waals surface area contributed by atoms with Gasteiger partial charge in [-0.05, 0) is 24.6 Å². The Morgan fingerprint density at radius 3 is 2.43 bits per heavy atom. The zero-order valence-corrected chi connectivity index (χ0v) is 13.8. The molecule has 2 N–H and O–H groups in total. The van der Waals surface area contributed by atoms with E-state index in [1.165, 1.54) is 12.1 Å². The van der Waals surface area contributed by atoms with E-state index in [0.29, 0.717) is 12.2 Å². The Morgan fingerprint density at radius 1 is 1.17 bits per heavy atom. The maximum absolute atomic E-state index is 13.1. The SMILES string of the molecule is CCCCCCNC(=O)Nc1ccc(N(C)C)cc1C(F)(F)F. The molecule has 130 valence electrons. The molecule has 0 radical (unpaired) electrons. The fraction of sp³-hybridized carbons (Fsp3) is 0.562. The summed E-state index contributed by atoms with van der Waals surface area (Å²) < 4.78 is 39.4. The molecule has 0 aliphatic rings. The van der Waals surface area contributed by atoms with Crippen molar-refractivity contribution in [2.45, 2.75) is 38.8 Å². The summed E-state index contributed by atoms with van der Waals surface area (Å²) in [5, 5.41) is 4.86. The first-order valence-corrected chi connectivity index (χ1v) is 7.69. The van der Waals surface area contributed by atoms with Crippen molar-refractivity contribution in [2.24, 2.45) is 0 Å². The van der Waals surface area contributed by atoms with Crippen LogP contribution in [-0.4, -0.2) is 26.7 Å². The van der Waals surface area contributed by atoms with Crippen LogP contribution < -0.4 is 15.5 Å². The second-order valence-corrected chi connectivity index (χ2v) is 5.56. The van der Waals surface area contributed by atoms with Gasteiger partial charge in [0.25, 0.3) is 0 Å². The standard InChI is InChI=1S/C16H24F3N3O/c1-4-5-6-7-10-20-15(23)21-14-9-8-12(22(2)3)11-13(14)16(17,18)19/h8-9,11H,4-7,10H2,1-3H3,(H2,20,21,23). The van der Waals surface area contributed by atoms with E-state index in [-0.39, 0.29) is 5.69 Å². The summed E-state index contributed by atoms with van der Waals surface area (Å²) >= 11 is 0. The van der Waals surface area contributed by atoms with Crippen molar-refractivity contribution in [1.82, 2.24) is 5.32 Å². The first kappa shape index (κ1) is 19.1. The fourth-order valence-corrected chi connectivity index (χ4v) is 2.07. The number of hydrogen-bond acceptors (Lipinski definition) is 2. The van der Waals surface area contributed by atoms with Crippen molar-refractivity contribution in [3.05, 3.63) is 23.8 Å². The highest BCUT2D eigenvalue weighted by Gasteiger charge is 2.34. The van der Waals surface area contributed by atoms with Crippen LogP contribution in [0.25, 0.3) is 0 Å². The van der Waals surface area contributed by atoms with Gasteiger partial charge < -0.3 is 15.5 Å². The van der Waals surface area contributed by atoms with E-state index < -0.39 is 17.8 Å². The van der Waals surface area contributed by atoms with E-state index in [1.54, 1.807) is 19.0 Å². The Labute approximate surface area is 135 Å². The molecule has 7 heteroatoms. The average Bonchev–Trinajstić information content (AvgIpc) is 2.46. The highest BCUT2D eigenvalue weighted by molar-refractivity contribution is 5.90. The number of anilines is 2. The van der Waals surface area contributed by atoms with Gasteiger partial charge in [0.1, 0.15) is 0 Å². The molecule has 0 saturated heterocycles. The number of carbonyl (C=O) groups is 1. The van der Waals surface area contributed by atoms with Crippen LogP contribution in [-0.2, 0) is 6.18 Å². The van der Waals surface area contributed by atoms with E-state index in [2.05, 4.69) is 17.6 Å². The summed E-state index contributed by atoms with van der Waals surface area (Å²) in [6.45, 7) is 2.53. The van der Waals surface area contributed by atoms with Crippen LogP contribution in [0.5, 0.6) is 0 Å². The Bertz CT molecular complexity index is 516. The van der Waals surface area contributed by atoms with Crippen molar-refractivity contribution in [3.8, 4) is 0 Å². The number of carbonyl (C=O) groups excluding carboxylic acids is 1. The lowest BCUT2D eigenvalue weighted by molar-refractivity contribution is -0.136. The molecule has 0 aliphatic heterocycles. The number of halogens is 3. The molecule has 1 aromatic rings. The lowest BCUT2D eigenvalue weighted by atomic mass is 10.1. The number of unbranched alkanes of at least 4 members (excludes halogenated alkanes) is 3. The number of amides is 2. The minimum Gasteiger partial charge on any atom is -0.378 e. The van der Waals surface area contributed by atoms with Crippen molar-refractivity contribution in [3.63, 3.8) is 0 Å². The van der Waals surface area contributed by atoms with Crippen LogP contribution in [0.15, 0.2) is 18.2 Å². The number of benzene rings is 1. The molecule has 0 unspecified atom stereocenters. The van der Waals surface area contributed by atoms with E-state index >= 15 is 0 Å². The van der Waals surface area contributed by atoms with E-state index in [4.69, 9.17) is 0 Å². The third-order valence-electron chi connectivity index (χ3n) is 3.39. The molecular weight excluding hydrogens is 307 g/mol. The van der Waals surface area contributed by atoms with Gasteiger partial charge in [-0.15, -0.1) is 0 Å². The van der Waals surface area contributed by atoms with Crippen LogP contribution in [0.4, 0.5) is 29.3 Å². The topological polar surface area (TPSA) is 44.4 Å². The van der Waals surface area contributed by atoms with Gasteiger partial charge in [0, 0.05) is 26.3 Å². The van der Waals surface area contributed by atoms with E-state index in [0.717, 1.165) is 31.7 Å². The lowest BCUT2D eigenvalue weighted by Crippen LogP contribution is -2.30. The first-order valence-electron chi connectivity index (χ1n) is 7.69. The summed E-state index contributed by atoms with van der Waals surface area (Å²) in [4.78, 5) is 13.3. The van der Waals surface area contributed by atoms with Crippen molar-refractivity contribution in [1.29, 1.82) is 0 Å². The average molecular weight is 331 g/mol. The predicted octanol–water partition coefficient (Wildman–Crippen LogP) is 4.47. The summed E-state index contributed by atoms with van der Waals surface area (Å²) in [6.07, 6.45) is -0.572. The summed E-state index contributed by atoms with van der Waals surface area (Å²) in [5.74, 6) is 0. The number of nitrogens with one attached hydrogen (secondary N) is 2. The molecule has 0 bridgehead atoms. The lowest BCUT2D eigenvalue weighted by Gasteiger charge is -2.19. The molecule has 1 aromatic carbocycles. The van der Waals surface area contributed by atoms with Crippen LogP contribution in [0.3, 0.4) is 0 Å². The number of hydrogen-bond donors (Lipinski definition) is 2. The highest BCUT2D eigenvalue weighted by atomic mass is 19.4. The number of nitrogens with zero attached hydrogens (tertiary/aromatic N) is 1. The van der Waals surface area contributed by atoms with Crippen LogP contribution in [0, 0.1) is 0 Å². The van der Waals surface area contributed by atoms with Crippen LogP contribution in [0.2, 0.25) is 0 Å². The molecular formula is C16H24F3N3O. The molecule has 0 spiro atoms. The molecule has 2 amide bonds. The molecule has 0 heterocycles. The smallest absolute Gasteiger partial charge is 0.378 e. The second kappa shape index (κ2) is 8.64. The van der Waals surface area contributed by atoms with Crippen molar-refractivity contribution >= 4 is 17.4 Å². The Kier molecular flexibility index (Phi) is 7.19. The predicted molar refractivity (Wildman–Crippen MR) is 86.9 cm³/mol. The third kappa shape index (κ3) is 6.38. The largest absolute Gasteiger partial charge is 0.418 e. The fourth-order valence-electron chi connectivity index (χ4n) is 2.07. The van der Waals surface area contributed by atoms with Gasteiger partial charge in [0.2, 0.25) is 0 Å². The maximum Gasteiger partial charge on any atom is 0.418 e. The Morgan fingerprint density at radius 2 is 1.87 bits per heavy atom. The zero-order chi connectivity index (χ0) is 17.5. The normalized spacial score (nSPS) is 11.2. The number of rotatable bonds is 7. The molecule has 4 nitrogen and oxygen atoms in total. The van der Waals surface area contributed by atoms with Gasteiger partial charge in [-0.2, -0.15) is 13.2 Å². The zero-order valence-electron chi connectivity index (χ0n) is 13.8. The summed E-state index contributed by atoms with van der Waals surface area (Å²) in [5.41, 5.74) is -0.679. The Hall–Kier alpha value is -1.92. The third-order valence-corrected chi connectivity index (χ3v) is 3.39. The number of urea groups is 1. The summed E-state index contributed by atoms with van der Waals surface area (Å²) in [6, 6.07) is 3.21. The quantitative estimate of drug-likeness (QED) is 0.724. The monoisotopic (exact) mass is 331 g/mol. The van der Waals surface area contributed by atoms with Gasteiger partial charge in [-0.1, -0.05) is 26.2 Å². The Balaban J connectivity index is 2.73. The molecule has 0 aromatic heterocycles. The molecule has 0 saturated carbocycles. The van der Waals surface area contributed by atoms with E-state index in [1.807, 2.05) is 0 Å². The molecule has 0 fully saturated rings. The minimum absolute atomic E-state index is 0.242. The van der Waals surface area contributed by atoms with Gasteiger partial charge in [-0.25, -0.2) is 4.79 Å². The maximum atomic E-state index is 13.1. The number of alkyl halides is 3. The second-order valence-electron chi connectivity index (χ2n) is 5.56. The first-order chi connectivity index (χ1) is 10.8. The molecule has 0 aliphatic carbocycles. The van der Waals surface area contributed by atoms with Gasteiger partial charge in [0.05, 0.1) is 11.3 Å². The molecule has 1 rings (SSSR count). The molecule has 23 heavy (non-hydrogen) atoms. The highest BCUT2D eigenvalue weighted by Crippen LogP contribution is 2.37. The minimum atomic E-state index is -4.53. The van der Waals surface area contributed by atoms with Crippen molar-refractivity contribution in [2.75, 3.05) is 30.9 Å². The summed E-state index contributed by atoms with van der Waals surface area (Å²) in [7, 11) is 3.32.